The topological polar surface area (TPSA) is 73.8 Å². The third-order valence-electron chi connectivity index (χ3n) is 4.02. The van der Waals surface area contributed by atoms with Crippen LogP contribution in [-0.2, 0) is 4.79 Å². The van der Waals surface area contributed by atoms with Crippen LogP contribution in [0.5, 0.6) is 0 Å². The second-order valence-electron chi connectivity index (χ2n) is 5.87. The molecule has 2 aromatic rings. The summed E-state index contributed by atoms with van der Waals surface area (Å²) < 4.78 is 0. The molecule has 2 N–H and O–H groups in total. The summed E-state index contributed by atoms with van der Waals surface area (Å²) in [5.41, 5.74) is 4.69. The minimum Gasteiger partial charge on any atom is -0.372 e. The number of rotatable bonds is 8. The fourth-order valence-corrected chi connectivity index (χ4v) is 2.78. The number of hydrogen-bond donors (Lipinski definition) is 2. The van der Waals surface area contributed by atoms with Crippen molar-refractivity contribution >= 4 is 46.9 Å². The maximum Gasteiger partial charge on any atom is 0.259 e. The highest BCUT2D eigenvalue weighted by molar-refractivity contribution is 6.42. The van der Waals surface area contributed by atoms with Crippen LogP contribution in [0.4, 0.5) is 5.69 Å². The van der Waals surface area contributed by atoms with Gasteiger partial charge in [0.1, 0.15) is 0 Å². The van der Waals surface area contributed by atoms with Crippen LogP contribution >= 0.6 is 23.2 Å². The average molecular weight is 421 g/mol. The Kier molecular flexibility index (Phi) is 8.29. The first kappa shape index (κ1) is 21.7. The Labute approximate surface area is 174 Å². The van der Waals surface area contributed by atoms with Crippen molar-refractivity contribution in [2.24, 2.45) is 5.10 Å². The van der Waals surface area contributed by atoms with Gasteiger partial charge in [0, 0.05) is 24.3 Å². The van der Waals surface area contributed by atoms with E-state index in [9.17, 15) is 9.59 Å². The third kappa shape index (κ3) is 6.25. The van der Waals surface area contributed by atoms with Gasteiger partial charge < -0.3 is 10.2 Å². The van der Waals surface area contributed by atoms with Gasteiger partial charge in [-0.2, -0.15) is 5.10 Å². The van der Waals surface area contributed by atoms with Gasteiger partial charge in [-0.25, -0.2) is 5.43 Å². The number of benzene rings is 2. The molecule has 0 saturated carbocycles. The number of nitrogens with zero attached hydrogens (tertiary/aromatic N) is 2. The van der Waals surface area contributed by atoms with E-state index in [1.807, 2.05) is 24.3 Å². The Balaban J connectivity index is 1.81. The van der Waals surface area contributed by atoms with Gasteiger partial charge in [0.05, 0.1) is 22.8 Å². The molecule has 0 heterocycles. The number of hydrogen-bond acceptors (Lipinski definition) is 4. The van der Waals surface area contributed by atoms with E-state index in [1.54, 1.807) is 6.21 Å². The third-order valence-corrected chi connectivity index (χ3v) is 4.75. The number of halogens is 2. The van der Waals surface area contributed by atoms with Crippen LogP contribution in [0.3, 0.4) is 0 Å². The first-order valence-electron chi connectivity index (χ1n) is 8.84. The Hall–Kier alpha value is -2.57. The average Bonchev–Trinajstić information content (AvgIpc) is 2.70. The molecule has 0 unspecified atom stereocenters. The van der Waals surface area contributed by atoms with E-state index >= 15 is 0 Å². The largest absolute Gasteiger partial charge is 0.372 e. The predicted octanol–water partition coefficient (Wildman–Crippen LogP) is 3.72. The van der Waals surface area contributed by atoms with Gasteiger partial charge in [-0.3, -0.25) is 9.59 Å². The molecule has 0 aliphatic rings. The fourth-order valence-electron chi connectivity index (χ4n) is 2.48. The number of amides is 2. The Morgan fingerprint density at radius 3 is 2.32 bits per heavy atom. The quantitative estimate of drug-likeness (QED) is 0.504. The lowest BCUT2D eigenvalue weighted by Gasteiger charge is -2.20. The molecule has 0 fully saturated rings. The molecule has 0 aliphatic heterocycles. The zero-order chi connectivity index (χ0) is 20.5. The van der Waals surface area contributed by atoms with Gasteiger partial charge in [-0.15, -0.1) is 0 Å². The standard InChI is InChI=1S/C20H22Cl2N4O2/c1-3-26(4-2)16-8-5-14(6-9-16)12-24-25-19(27)13-23-20(28)15-7-10-17(21)18(22)11-15/h5-12H,3-4,13H2,1-2H3,(H,23,28)(H,25,27)/b24-12-. The van der Waals surface area contributed by atoms with Crippen LogP contribution < -0.4 is 15.6 Å². The van der Waals surface area contributed by atoms with Crippen molar-refractivity contribution < 1.29 is 9.59 Å². The first-order valence-corrected chi connectivity index (χ1v) is 9.60. The summed E-state index contributed by atoms with van der Waals surface area (Å²) in [5.74, 6) is -0.867. The molecule has 0 aliphatic carbocycles. The molecule has 2 amide bonds. The zero-order valence-corrected chi connectivity index (χ0v) is 17.2. The predicted molar refractivity (Wildman–Crippen MR) is 115 cm³/mol. The van der Waals surface area contributed by atoms with Crippen LogP contribution in [0.15, 0.2) is 47.6 Å². The molecule has 28 heavy (non-hydrogen) atoms. The number of hydrazone groups is 1. The van der Waals surface area contributed by atoms with Gasteiger partial charge in [-0.05, 0) is 49.7 Å². The maximum atomic E-state index is 12.0. The van der Waals surface area contributed by atoms with Gasteiger partial charge in [0.15, 0.2) is 0 Å². The first-order chi connectivity index (χ1) is 13.4. The summed E-state index contributed by atoms with van der Waals surface area (Å²) >= 11 is 11.7. The van der Waals surface area contributed by atoms with Crippen molar-refractivity contribution in [3.05, 3.63) is 63.6 Å². The van der Waals surface area contributed by atoms with E-state index in [0.717, 1.165) is 24.3 Å². The van der Waals surface area contributed by atoms with Gasteiger partial charge in [-0.1, -0.05) is 35.3 Å². The van der Waals surface area contributed by atoms with E-state index in [2.05, 4.69) is 34.6 Å². The second kappa shape index (κ2) is 10.7. The fraction of sp³-hybridized carbons (Fsp3) is 0.250. The van der Waals surface area contributed by atoms with E-state index < -0.39 is 11.8 Å². The van der Waals surface area contributed by atoms with Crippen LogP contribution in [0.1, 0.15) is 29.8 Å². The van der Waals surface area contributed by atoms with Crippen molar-refractivity contribution in [1.29, 1.82) is 0 Å². The molecule has 0 spiro atoms. The van der Waals surface area contributed by atoms with Gasteiger partial charge in [0.2, 0.25) is 0 Å². The second-order valence-corrected chi connectivity index (χ2v) is 6.68. The van der Waals surface area contributed by atoms with Crippen molar-refractivity contribution in [3.63, 3.8) is 0 Å². The highest BCUT2D eigenvalue weighted by atomic mass is 35.5. The molecule has 0 bridgehead atoms. The van der Waals surface area contributed by atoms with E-state index in [1.165, 1.54) is 18.2 Å². The molecule has 0 radical (unpaired) electrons. The minimum absolute atomic E-state index is 0.211. The van der Waals surface area contributed by atoms with E-state index in [0.29, 0.717) is 10.6 Å². The molecule has 2 aromatic carbocycles. The normalized spacial score (nSPS) is 10.7. The van der Waals surface area contributed by atoms with E-state index in [4.69, 9.17) is 23.2 Å². The van der Waals surface area contributed by atoms with Crippen LogP contribution in [0.25, 0.3) is 0 Å². The van der Waals surface area contributed by atoms with Crippen molar-refractivity contribution in [2.45, 2.75) is 13.8 Å². The van der Waals surface area contributed by atoms with Gasteiger partial charge in [0.25, 0.3) is 11.8 Å². The van der Waals surface area contributed by atoms with Crippen molar-refractivity contribution in [2.75, 3.05) is 24.5 Å². The summed E-state index contributed by atoms with van der Waals surface area (Å²) in [6.45, 7) is 5.88. The molecular weight excluding hydrogens is 399 g/mol. The van der Waals surface area contributed by atoms with Crippen LogP contribution in [-0.4, -0.2) is 37.7 Å². The lowest BCUT2D eigenvalue weighted by molar-refractivity contribution is -0.120. The number of carbonyl (C=O) groups excluding carboxylic acids is 2. The van der Waals surface area contributed by atoms with Crippen molar-refractivity contribution in [1.82, 2.24) is 10.7 Å². The molecule has 8 heteroatoms. The summed E-state index contributed by atoms with van der Waals surface area (Å²) in [7, 11) is 0. The van der Waals surface area contributed by atoms with Crippen LogP contribution in [0.2, 0.25) is 10.0 Å². The number of nitrogens with one attached hydrogen (secondary N) is 2. The summed E-state index contributed by atoms with van der Waals surface area (Å²) in [5, 5.41) is 7.03. The molecular formula is C20H22Cl2N4O2. The zero-order valence-electron chi connectivity index (χ0n) is 15.7. The molecule has 0 aromatic heterocycles. The Morgan fingerprint density at radius 2 is 1.71 bits per heavy atom. The Morgan fingerprint density at radius 1 is 1.04 bits per heavy atom. The van der Waals surface area contributed by atoms with E-state index in [-0.39, 0.29) is 11.6 Å². The monoisotopic (exact) mass is 420 g/mol. The Bertz CT molecular complexity index is 850. The highest BCUT2D eigenvalue weighted by Crippen LogP contribution is 2.22. The summed E-state index contributed by atoms with van der Waals surface area (Å²) in [6, 6.07) is 12.4. The molecule has 148 valence electrons. The molecule has 0 atom stereocenters. The molecule has 2 rings (SSSR count). The summed E-state index contributed by atoms with van der Waals surface area (Å²) in [6.07, 6.45) is 1.55. The maximum absolute atomic E-state index is 12.0. The summed E-state index contributed by atoms with van der Waals surface area (Å²) in [4.78, 5) is 26.1. The van der Waals surface area contributed by atoms with Crippen molar-refractivity contribution in [3.8, 4) is 0 Å². The lowest BCUT2D eigenvalue weighted by atomic mass is 10.2. The smallest absolute Gasteiger partial charge is 0.259 e. The highest BCUT2D eigenvalue weighted by Gasteiger charge is 2.09. The van der Waals surface area contributed by atoms with Gasteiger partial charge >= 0.3 is 0 Å². The van der Waals surface area contributed by atoms with Crippen LogP contribution in [0, 0.1) is 0 Å². The SMILES string of the molecule is CCN(CC)c1ccc(/C=N\NC(=O)CNC(=O)c2ccc(Cl)c(Cl)c2)cc1. The lowest BCUT2D eigenvalue weighted by Crippen LogP contribution is -2.34. The minimum atomic E-state index is -0.440. The molecule has 0 saturated heterocycles. The number of carbonyl (C=O) groups is 2. The number of anilines is 1. The molecule has 6 nitrogen and oxygen atoms in total.